The fourth-order valence-corrected chi connectivity index (χ4v) is 2.60. The number of carbonyl (C=O) groups is 3. The lowest BCUT2D eigenvalue weighted by molar-refractivity contribution is -0.137. The van der Waals surface area contributed by atoms with Crippen LogP contribution < -0.4 is 16.0 Å². The Labute approximate surface area is 112 Å². The summed E-state index contributed by atoms with van der Waals surface area (Å²) in [5, 5.41) is 8.24. The van der Waals surface area contributed by atoms with Crippen LogP contribution in [0.1, 0.15) is 38.5 Å². The Balaban J connectivity index is 1.68. The van der Waals surface area contributed by atoms with E-state index >= 15 is 0 Å². The highest BCUT2D eigenvalue weighted by molar-refractivity contribution is 6.01. The molecule has 2 aliphatic heterocycles. The average molecular weight is 267 g/mol. The van der Waals surface area contributed by atoms with Gasteiger partial charge in [-0.25, -0.2) is 0 Å². The largest absolute Gasteiger partial charge is 0.344 e. The van der Waals surface area contributed by atoms with Crippen molar-refractivity contribution >= 4 is 17.7 Å². The molecule has 0 aromatic carbocycles. The first-order valence-corrected chi connectivity index (χ1v) is 6.99. The van der Waals surface area contributed by atoms with E-state index in [4.69, 9.17) is 0 Å². The predicted molar refractivity (Wildman–Crippen MR) is 69.1 cm³/mol. The molecule has 0 aromatic heterocycles. The average Bonchev–Trinajstić information content (AvgIpc) is 2.41. The zero-order valence-corrected chi connectivity index (χ0v) is 11.0. The normalized spacial score (nSPS) is 24.9. The Morgan fingerprint density at radius 3 is 2.63 bits per heavy atom. The first-order valence-electron chi connectivity index (χ1n) is 6.99. The molecular weight excluding hydrogens is 246 g/mol. The zero-order valence-electron chi connectivity index (χ0n) is 11.0. The summed E-state index contributed by atoms with van der Waals surface area (Å²) in [7, 11) is 0. The molecule has 0 radical (unpaired) electrons. The molecule has 2 heterocycles. The van der Waals surface area contributed by atoms with Crippen LogP contribution in [0.4, 0.5) is 0 Å². The van der Waals surface area contributed by atoms with E-state index in [2.05, 4.69) is 16.0 Å². The minimum absolute atomic E-state index is 0.0898. The lowest BCUT2D eigenvalue weighted by Crippen LogP contribution is -2.52. The third kappa shape index (κ3) is 4.31. The van der Waals surface area contributed by atoms with E-state index in [-0.39, 0.29) is 17.7 Å². The Kier molecular flexibility index (Phi) is 4.90. The molecule has 0 spiro atoms. The van der Waals surface area contributed by atoms with Crippen LogP contribution in [0.3, 0.4) is 0 Å². The zero-order chi connectivity index (χ0) is 13.7. The van der Waals surface area contributed by atoms with Crippen LogP contribution in [0, 0.1) is 5.92 Å². The summed E-state index contributed by atoms with van der Waals surface area (Å²) < 4.78 is 0. The van der Waals surface area contributed by atoms with Gasteiger partial charge < -0.3 is 10.6 Å². The fourth-order valence-electron chi connectivity index (χ4n) is 2.60. The van der Waals surface area contributed by atoms with Crippen LogP contribution in [0.25, 0.3) is 0 Å². The summed E-state index contributed by atoms with van der Waals surface area (Å²) in [6.45, 7) is 2.05. The maximum Gasteiger partial charge on any atom is 0.249 e. The first-order chi connectivity index (χ1) is 9.15. The van der Waals surface area contributed by atoms with Crippen molar-refractivity contribution in [2.75, 3.05) is 13.1 Å². The molecule has 0 bridgehead atoms. The van der Waals surface area contributed by atoms with Crippen molar-refractivity contribution in [3.63, 3.8) is 0 Å². The monoisotopic (exact) mass is 267 g/mol. The van der Waals surface area contributed by atoms with E-state index in [1.54, 1.807) is 0 Å². The van der Waals surface area contributed by atoms with E-state index < -0.39 is 6.04 Å². The number of hydrogen-bond donors (Lipinski definition) is 3. The molecule has 2 saturated heterocycles. The van der Waals surface area contributed by atoms with Crippen LogP contribution in [0.15, 0.2) is 0 Å². The Morgan fingerprint density at radius 2 is 1.95 bits per heavy atom. The molecule has 19 heavy (non-hydrogen) atoms. The van der Waals surface area contributed by atoms with Gasteiger partial charge >= 0.3 is 0 Å². The molecule has 3 amide bonds. The van der Waals surface area contributed by atoms with Crippen molar-refractivity contribution in [1.29, 1.82) is 0 Å². The third-order valence-electron chi connectivity index (χ3n) is 3.81. The number of nitrogens with one attached hydrogen (secondary N) is 3. The van der Waals surface area contributed by atoms with Crippen LogP contribution in [0.2, 0.25) is 0 Å². The minimum atomic E-state index is -0.543. The van der Waals surface area contributed by atoms with Crippen molar-refractivity contribution in [2.45, 2.75) is 44.6 Å². The predicted octanol–water partition coefficient (Wildman–Crippen LogP) is -0.312. The van der Waals surface area contributed by atoms with Gasteiger partial charge in [0.15, 0.2) is 0 Å². The van der Waals surface area contributed by atoms with E-state index in [0.717, 1.165) is 32.4 Å². The SMILES string of the molecule is O=C1CCC(NC(=O)CCC2CCNCC2)C(=O)N1. The molecule has 6 heteroatoms. The summed E-state index contributed by atoms with van der Waals surface area (Å²) in [6.07, 6.45) is 4.27. The highest BCUT2D eigenvalue weighted by Gasteiger charge is 2.27. The summed E-state index contributed by atoms with van der Waals surface area (Å²) >= 11 is 0. The maximum atomic E-state index is 11.8. The number of rotatable bonds is 4. The second-order valence-corrected chi connectivity index (χ2v) is 5.30. The van der Waals surface area contributed by atoms with Gasteiger partial charge in [-0.15, -0.1) is 0 Å². The van der Waals surface area contributed by atoms with Crippen LogP contribution in [-0.4, -0.2) is 36.9 Å². The van der Waals surface area contributed by atoms with Crippen molar-refractivity contribution in [1.82, 2.24) is 16.0 Å². The highest BCUT2D eigenvalue weighted by atomic mass is 16.2. The van der Waals surface area contributed by atoms with E-state index in [1.807, 2.05) is 0 Å². The molecule has 2 rings (SSSR count). The minimum Gasteiger partial charge on any atom is -0.344 e. The molecule has 2 aliphatic rings. The molecule has 0 aromatic rings. The summed E-state index contributed by atoms with van der Waals surface area (Å²) in [5.41, 5.74) is 0. The molecule has 0 saturated carbocycles. The van der Waals surface area contributed by atoms with Gasteiger partial charge in [-0.3, -0.25) is 19.7 Å². The van der Waals surface area contributed by atoms with Crippen LogP contribution in [-0.2, 0) is 14.4 Å². The second kappa shape index (κ2) is 6.65. The number of carbonyl (C=O) groups excluding carboxylic acids is 3. The summed E-state index contributed by atoms with van der Waals surface area (Å²) in [4.78, 5) is 34.3. The molecule has 1 atom stereocenters. The molecule has 6 nitrogen and oxygen atoms in total. The topological polar surface area (TPSA) is 87.3 Å². The van der Waals surface area contributed by atoms with Crippen molar-refractivity contribution in [3.8, 4) is 0 Å². The van der Waals surface area contributed by atoms with Gasteiger partial charge in [0.05, 0.1) is 0 Å². The second-order valence-electron chi connectivity index (χ2n) is 5.30. The highest BCUT2D eigenvalue weighted by Crippen LogP contribution is 2.17. The van der Waals surface area contributed by atoms with Gasteiger partial charge in [0.2, 0.25) is 17.7 Å². The molecular formula is C13H21N3O3. The van der Waals surface area contributed by atoms with Gasteiger partial charge in [0.1, 0.15) is 6.04 Å². The number of amides is 3. The van der Waals surface area contributed by atoms with Gasteiger partial charge in [0.25, 0.3) is 0 Å². The van der Waals surface area contributed by atoms with Crippen molar-refractivity contribution in [2.24, 2.45) is 5.92 Å². The lowest BCUT2D eigenvalue weighted by Gasteiger charge is -2.24. The number of piperidine rings is 2. The summed E-state index contributed by atoms with van der Waals surface area (Å²) in [6, 6.07) is -0.543. The van der Waals surface area contributed by atoms with Gasteiger partial charge in [-0.2, -0.15) is 0 Å². The van der Waals surface area contributed by atoms with Gasteiger partial charge in [-0.1, -0.05) is 0 Å². The Morgan fingerprint density at radius 1 is 1.21 bits per heavy atom. The van der Waals surface area contributed by atoms with Gasteiger partial charge in [-0.05, 0) is 44.7 Å². The van der Waals surface area contributed by atoms with Crippen LogP contribution in [0.5, 0.6) is 0 Å². The van der Waals surface area contributed by atoms with Gasteiger partial charge in [0, 0.05) is 12.8 Å². The standard InChI is InChI=1S/C13H21N3O3/c17-11(3-1-9-5-7-14-8-6-9)15-10-2-4-12(18)16-13(10)19/h9-10,14H,1-8H2,(H,15,17)(H,16,18,19). The van der Waals surface area contributed by atoms with E-state index in [9.17, 15) is 14.4 Å². The molecule has 1 unspecified atom stereocenters. The summed E-state index contributed by atoms with van der Waals surface area (Å²) in [5.74, 6) is -0.126. The van der Waals surface area contributed by atoms with E-state index in [1.165, 1.54) is 0 Å². The van der Waals surface area contributed by atoms with Crippen molar-refractivity contribution in [3.05, 3.63) is 0 Å². The van der Waals surface area contributed by atoms with Crippen molar-refractivity contribution < 1.29 is 14.4 Å². The Bertz CT molecular complexity index is 364. The molecule has 106 valence electrons. The molecule has 0 aliphatic carbocycles. The maximum absolute atomic E-state index is 11.8. The Hall–Kier alpha value is -1.43. The first kappa shape index (κ1) is 14.0. The molecule has 3 N–H and O–H groups in total. The number of imide groups is 1. The molecule has 2 fully saturated rings. The van der Waals surface area contributed by atoms with Crippen LogP contribution >= 0.6 is 0 Å². The smallest absolute Gasteiger partial charge is 0.249 e. The quantitative estimate of drug-likeness (QED) is 0.610. The number of hydrogen-bond acceptors (Lipinski definition) is 4. The fraction of sp³-hybridized carbons (Fsp3) is 0.769. The third-order valence-corrected chi connectivity index (χ3v) is 3.81. The van der Waals surface area contributed by atoms with E-state index in [0.29, 0.717) is 25.2 Å². The lowest BCUT2D eigenvalue weighted by atomic mass is 9.93.